The van der Waals surface area contributed by atoms with Gasteiger partial charge in [0.1, 0.15) is 0 Å². The summed E-state index contributed by atoms with van der Waals surface area (Å²) < 4.78 is 30.5. The second kappa shape index (κ2) is 7.81. The number of ether oxygens (including phenoxy) is 1. The van der Waals surface area contributed by atoms with E-state index in [9.17, 15) is 13.6 Å². The number of esters is 1. The number of nitrogens with one attached hydrogen (secondary N) is 1. The first-order valence-corrected chi connectivity index (χ1v) is 5.91. The molecule has 4 nitrogen and oxygen atoms in total. The molecular formula is C13H17F2NO3. The molecule has 1 aromatic carbocycles. The smallest absolute Gasteiger partial charge is 0.307 e. The van der Waals surface area contributed by atoms with Gasteiger partial charge in [-0.25, -0.2) is 8.78 Å². The van der Waals surface area contributed by atoms with E-state index in [-0.39, 0.29) is 19.1 Å². The van der Waals surface area contributed by atoms with E-state index in [1.165, 1.54) is 13.2 Å². The van der Waals surface area contributed by atoms with E-state index in [0.29, 0.717) is 18.5 Å². The summed E-state index contributed by atoms with van der Waals surface area (Å²) in [6, 6.07) is 3.31. The maximum absolute atomic E-state index is 13.1. The molecule has 0 amide bonds. The monoisotopic (exact) mass is 273 g/mol. The van der Waals surface area contributed by atoms with Crippen LogP contribution in [-0.2, 0) is 16.0 Å². The first-order valence-electron chi connectivity index (χ1n) is 5.91. The van der Waals surface area contributed by atoms with Crippen molar-refractivity contribution in [3.05, 3.63) is 35.4 Å². The molecular weight excluding hydrogens is 256 g/mol. The van der Waals surface area contributed by atoms with Crippen LogP contribution in [-0.4, -0.2) is 37.4 Å². The predicted molar refractivity (Wildman–Crippen MR) is 65.6 cm³/mol. The highest BCUT2D eigenvalue weighted by Gasteiger charge is 2.15. The van der Waals surface area contributed by atoms with E-state index in [4.69, 9.17) is 5.11 Å². The van der Waals surface area contributed by atoms with Crippen molar-refractivity contribution in [2.75, 3.05) is 20.3 Å². The van der Waals surface area contributed by atoms with Gasteiger partial charge in [-0.1, -0.05) is 6.07 Å². The third-order valence-electron chi connectivity index (χ3n) is 2.65. The van der Waals surface area contributed by atoms with Crippen LogP contribution >= 0.6 is 0 Å². The first kappa shape index (κ1) is 15.5. The summed E-state index contributed by atoms with van der Waals surface area (Å²) in [5, 5.41) is 11.7. The number of carbonyl (C=O) groups is 1. The Kier molecular flexibility index (Phi) is 6.38. The molecule has 0 saturated heterocycles. The minimum Gasteiger partial charge on any atom is -0.469 e. The lowest BCUT2D eigenvalue weighted by molar-refractivity contribution is -0.141. The number of hydrogen-bond acceptors (Lipinski definition) is 4. The second-order valence-electron chi connectivity index (χ2n) is 4.11. The van der Waals surface area contributed by atoms with Gasteiger partial charge in [0.25, 0.3) is 0 Å². The minimum atomic E-state index is -0.920. The van der Waals surface area contributed by atoms with Gasteiger partial charge in [-0.2, -0.15) is 0 Å². The molecule has 1 unspecified atom stereocenters. The van der Waals surface area contributed by atoms with Crippen molar-refractivity contribution in [1.29, 1.82) is 0 Å². The fourth-order valence-electron chi connectivity index (χ4n) is 1.72. The van der Waals surface area contributed by atoms with Gasteiger partial charge in [0.05, 0.1) is 20.1 Å². The zero-order chi connectivity index (χ0) is 14.3. The third kappa shape index (κ3) is 5.32. The topological polar surface area (TPSA) is 58.6 Å². The molecule has 1 aromatic rings. The average molecular weight is 273 g/mol. The minimum absolute atomic E-state index is 0.0740. The molecule has 0 aliphatic carbocycles. The third-order valence-corrected chi connectivity index (χ3v) is 2.65. The molecule has 0 spiro atoms. The zero-order valence-electron chi connectivity index (χ0n) is 10.7. The normalized spacial score (nSPS) is 12.2. The van der Waals surface area contributed by atoms with Crippen molar-refractivity contribution >= 4 is 5.97 Å². The molecule has 0 aliphatic rings. The van der Waals surface area contributed by atoms with Gasteiger partial charge in [0, 0.05) is 12.6 Å². The first-order chi connectivity index (χ1) is 9.06. The molecule has 0 aliphatic heterocycles. The molecule has 6 heteroatoms. The van der Waals surface area contributed by atoms with Crippen molar-refractivity contribution in [2.45, 2.75) is 18.9 Å². The van der Waals surface area contributed by atoms with E-state index >= 15 is 0 Å². The number of methoxy groups -OCH3 is 1. The molecule has 0 saturated carbocycles. The number of carbonyl (C=O) groups excluding carboxylic acids is 1. The van der Waals surface area contributed by atoms with Crippen LogP contribution in [0.3, 0.4) is 0 Å². The van der Waals surface area contributed by atoms with Gasteiger partial charge in [0.2, 0.25) is 0 Å². The van der Waals surface area contributed by atoms with E-state index in [1.54, 1.807) is 0 Å². The Hall–Kier alpha value is -1.53. The standard InChI is InChI=1S/C13H17F2NO3/c1-19-13(18)8-10(16-4-5-17)6-9-2-3-11(14)12(15)7-9/h2-3,7,10,16-17H,4-6,8H2,1H3. The lowest BCUT2D eigenvalue weighted by Gasteiger charge is -2.17. The Morgan fingerprint density at radius 2 is 2.16 bits per heavy atom. The van der Waals surface area contributed by atoms with Crippen molar-refractivity contribution < 1.29 is 23.4 Å². The maximum Gasteiger partial charge on any atom is 0.307 e. The fourth-order valence-corrected chi connectivity index (χ4v) is 1.72. The largest absolute Gasteiger partial charge is 0.469 e. The molecule has 0 heterocycles. The summed E-state index contributed by atoms with van der Waals surface area (Å²) in [5.74, 6) is -2.23. The number of benzene rings is 1. The summed E-state index contributed by atoms with van der Waals surface area (Å²) >= 11 is 0. The molecule has 1 rings (SSSR count). The van der Waals surface area contributed by atoms with Gasteiger partial charge in [0.15, 0.2) is 11.6 Å². The summed E-state index contributed by atoms with van der Waals surface area (Å²) in [7, 11) is 1.28. The van der Waals surface area contributed by atoms with Crippen LogP contribution < -0.4 is 5.32 Å². The summed E-state index contributed by atoms with van der Waals surface area (Å²) in [6.45, 7) is 0.237. The SMILES string of the molecule is COC(=O)CC(Cc1ccc(F)c(F)c1)NCCO. The molecule has 0 aromatic heterocycles. The van der Waals surface area contributed by atoms with Gasteiger partial charge >= 0.3 is 5.97 Å². The number of rotatable bonds is 7. The Labute approximate surface area is 110 Å². The number of aliphatic hydroxyl groups is 1. The second-order valence-corrected chi connectivity index (χ2v) is 4.11. The Bertz CT molecular complexity index is 426. The van der Waals surface area contributed by atoms with Gasteiger partial charge in [-0.05, 0) is 24.1 Å². The lowest BCUT2D eigenvalue weighted by atomic mass is 10.0. The number of halogens is 2. The number of aliphatic hydroxyl groups excluding tert-OH is 1. The highest BCUT2D eigenvalue weighted by atomic mass is 19.2. The van der Waals surface area contributed by atoms with Crippen LogP contribution in [0.15, 0.2) is 18.2 Å². The van der Waals surface area contributed by atoms with Crippen LogP contribution in [0.25, 0.3) is 0 Å². The zero-order valence-corrected chi connectivity index (χ0v) is 10.7. The highest BCUT2D eigenvalue weighted by Crippen LogP contribution is 2.12. The van der Waals surface area contributed by atoms with Crippen LogP contribution in [0.1, 0.15) is 12.0 Å². The quantitative estimate of drug-likeness (QED) is 0.728. The molecule has 1 atom stereocenters. The lowest BCUT2D eigenvalue weighted by Crippen LogP contribution is -2.35. The Morgan fingerprint density at radius 3 is 2.74 bits per heavy atom. The Balaban J connectivity index is 2.69. The van der Waals surface area contributed by atoms with Crippen LogP contribution in [0, 0.1) is 11.6 Å². The van der Waals surface area contributed by atoms with E-state index < -0.39 is 17.6 Å². The summed E-state index contributed by atoms with van der Waals surface area (Å²) in [5.41, 5.74) is 0.568. The van der Waals surface area contributed by atoms with Crippen LogP contribution in [0.5, 0.6) is 0 Å². The molecule has 0 bridgehead atoms. The van der Waals surface area contributed by atoms with Crippen LogP contribution in [0.4, 0.5) is 8.78 Å². The van der Waals surface area contributed by atoms with Crippen molar-refractivity contribution in [3.8, 4) is 0 Å². The van der Waals surface area contributed by atoms with Gasteiger partial charge < -0.3 is 15.2 Å². The van der Waals surface area contributed by atoms with Gasteiger partial charge in [-0.15, -0.1) is 0 Å². The maximum atomic E-state index is 13.1. The van der Waals surface area contributed by atoms with Gasteiger partial charge in [-0.3, -0.25) is 4.79 Å². The molecule has 106 valence electrons. The molecule has 2 N–H and O–H groups in total. The van der Waals surface area contributed by atoms with E-state index in [1.807, 2.05) is 0 Å². The van der Waals surface area contributed by atoms with Crippen molar-refractivity contribution in [2.24, 2.45) is 0 Å². The Morgan fingerprint density at radius 1 is 1.42 bits per heavy atom. The summed E-state index contributed by atoms with van der Waals surface area (Å²) in [6.07, 6.45) is 0.432. The summed E-state index contributed by atoms with van der Waals surface area (Å²) in [4.78, 5) is 11.2. The number of hydrogen-bond donors (Lipinski definition) is 2. The highest BCUT2D eigenvalue weighted by molar-refractivity contribution is 5.69. The van der Waals surface area contributed by atoms with Crippen LogP contribution in [0.2, 0.25) is 0 Å². The molecule has 0 radical (unpaired) electrons. The fraction of sp³-hybridized carbons (Fsp3) is 0.462. The predicted octanol–water partition coefficient (Wildman–Crippen LogP) is 1.02. The van der Waals surface area contributed by atoms with Crippen molar-refractivity contribution in [3.63, 3.8) is 0 Å². The van der Waals surface area contributed by atoms with E-state index in [2.05, 4.69) is 10.1 Å². The molecule has 19 heavy (non-hydrogen) atoms. The molecule has 0 fully saturated rings. The average Bonchev–Trinajstić information content (AvgIpc) is 2.40. The van der Waals surface area contributed by atoms with Crippen molar-refractivity contribution in [1.82, 2.24) is 5.32 Å². The van der Waals surface area contributed by atoms with E-state index in [0.717, 1.165) is 12.1 Å².